The van der Waals surface area contributed by atoms with E-state index in [1.807, 2.05) is 6.92 Å². The Morgan fingerprint density at radius 3 is 2.79 bits per heavy atom. The number of aromatic hydroxyl groups is 1. The smallest absolute Gasteiger partial charge is 0.417 e. The summed E-state index contributed by atoms with van der Waals surface area (Å²) in [7, 11) is 0. The maximum atomic E-state index is 13.0. The topological polar surface area (TPSA) is 37.2 Å². The van der Waals surface area contributed by atoms with Gasteiger partial charge in [-0.3, -0.25) is 0 Å². The van der Waals surface area contributed by atoms with Crippen molar-refractivity contribution in [1.82, 2.24) is 9.88 Å². The van der Waals surface area contributed by atoms with E-state index >= 15 is 0 Å². The van der Waals surface area contributed by atoms with Crippen LogP contribution in [0.1, 0.15) is 24.2 Å². The lowest BCUT2D eigenvalue weighted by Crippen LogP contribution is -2.31. The molecule has 19 heavy (non-hydrogen) atoms. The van der Waals surface area contributed by atoms with Crippen molar-refractivity contribution in [2.75, 3.05) is 6.54 Å². The number of halogens is 3. The van der Waals surface area contributed by atoms with E-state index in [0.717, 1.165) is 6.07 Å². The highest BCUT2D eigenvalue weighted by Crippen LogP contribution is 2.43. The van der Waals surface area contributed by atoms with Crippen molar-refractivity contribution < 1.29 is 18.3 Å². The molecule has 1 aliphatic rings. The van der Waals surface area contributed by atoms with Gasteiger partial charge in [-0.2, -0.15) is 13.2 Å². The third-order valence-corrected chi connectivity index (χ3v) is 3.61. The van der Waals surface area contributed by atoms with Crippen LogP contribution in [0.15, 0.2) is 18.2 Å². The second-order valence-electron chi connectivity index (χ2n) is 4.76. The van der Waals surface area contributed by atoms with Crippen molar-refractivity contribution in [2.45, 2.75) is 25.7 Å². The molecule has 1 aromatic carbocycles. The van der Waals surface area contributed by atoms with Crippen molar-refractivity contribution in [3.63, 3.8) is 0 Å². The zero-order chi connectivity index (χ0) is 13.8. The summed E-state index contributed by atoms with van der Waals surface area (Å²) in [6.07, 6.45) is -4.47. The Balaban J connectivity index is 2.40. The summed E-state index contributed by atoms with van der Waals surface area (Å²) in [6.45, 7) is 2.98. The van der Waals surface area contributed by atoms with E-state index < -0.39 is 11.7 Å². The number of aromatic nitrogens is 1. The van der Waals surface area contributed by atoms with E-state index in [2.05, 4.69) is 5.32 Å². The number of nitrogens with zero attached hydrogens (tertiary/aromatic N) is 1. The zero-order valence-corrected chi connectivity index (χ0v) is 10.3. The van der Waals surface area contributed by atoms with E-state index in [1.165, 1.54) is 6.07 Å². The summed E-state index contributed by atoms with van der Waals surface area (Å²) in [6, 6.07) is 3.93. The van der Waals surface area contributed by atoms with Crippen molar-refractivity contribution >= 4 is 10.8 Å². The Bertz CT molecular complexity index is 645. The van der Waals surface area contributed by atoms with E-state index in [9.17, 15) is 18.3 Å². The fourth-order valence-corrected chi connectivity index (χ4v) is 2.82. The summed E-state index contributed by atoms with van der Waals surface area (Å²) >= 11 is 0. The van der Waals surface area contributed by atoms with E-state index in [0.29, 0.717) is 24.2 Å². The van der Waals surface area contributed by atoms with Crippen LogP contribution >= 0.6 is 0 Å². The van der Waals surface area contributed by atoms with Gasteiger partial charge in [0.25, 0.3) is 0 Å². The van der Waals surface area contributed by atoms with Gasteiger partial charge in [-0.05, 0) is 13.0 Å². The van der Waals surface area contributed by atoms with Gasteiger partial charge in [0.2, 0.25) is 0 Å². The molecule has 0 radical (unpaired) electrons. The normalized spacial score (nSPS) is 19.7. The summed E-state index contributed by atoms with van der Waals surface area (Å²) in [5.74, 6) is -0.286. The van der Waals surface area contributed by atoms with E-state index in [1.54, 1.807) is 10.6 Å². The minimum absolute atomic E-state index is 0.0827. The third kappa shape index (κ3) is 1.70. The Morgan fingerprint density at radius 2 is 2.11 bits per heavy atom. The average molecular weight is 270 g/mol. The van der Waals surface area contributed by atoms with Crippen LogP contribution in [0, 0.1) is 0 Å². The molecule has 0 bridgehead atoms. The molecule has 2 aromatic rings. The Labute approximate surface area is 107 Å². The Kier molecular flexibility index (Phi) is 2.53. The fourth-order valence-electron chi connectivity index (χ4n) is 2.82. The fraction of sp³-hybridized carbons (Fsp3) is 0.385. The molecule has 3 rings (SSSR count). The quantitative estimate of drug-likeness (QED) is 0.772. The first-order valence-corrected chi connectivity index (χ1v) is 6.06. The molecule has 1 atom stereocenters. The molecule has 2 N–H and O–H groups in total. The summed E-state index contributed by atoms with van der Waals surface area (Å²) < 4.78 is 40.6. The van der Waals surface area contributed by atoms with Gasteiger partial charge in [-0.15, -0.1) is 0 Å². The monoisotopic (exact) mass is 270 g/mol. The SMILES string of the molecule is C[C@@H]1NCCn2c1c1cccc(C(F)(F)F)c1c2O. The molecule has 0 unspecified atom stereocenters. The number of fused-ring (bicyclic) bond motifs is 3. The molecular formula is C13H13F3N2O. The standard InChI is InChI=1S/C13H13F3N2O/c1-7-11-8-3-2-4-9(13(14,15)16)10(8)12(19)18(11)6-5-17-7/h2-4,7,17,19H,5-6H2,1H3/t7-/m0/s1. The molecule has 3 nitrogen and oxygen atoms in total. The number of rotatable bonds is 0. The molecule has 0 saturated heterocycles. The van der Waals surface area contributed by atoms with Gasteiger partial charge < -0.3 is 15.0 Å². The van der Waals surface area contributed by atoms with Gasteiger partial charge in [-0.1, -0.05) is 12.1 Å². The lowest BCUT2D eigenvalue weighted by molar-refractivity contribution is -0.136. The predicted octanol–water partition coefficient (Wildman–Crippen LogP) is 3.03. The average Bonchev–Trinajstić information content (AvgIpc) is 2.64. The van der Waals surface area contributed by atoms with Gasteiger partial charge in [0.1, 0.15) is 0 Å². The van der Waals surface area contributed by atoms with Gasteiger partial charge in [0.15, 0.2) is 5.88 Å². The molecule has 0 saturated carbocycles. The molecule has 1 aromatic heterocycles. The number of alkyl halides is 3. The first kappa shape index (κ1) is 12.3. The zero-order valence-electron chi connectivity index (χ0n) is 10.3. The highest BCUT2D eigenvalue weighted by atomic mass is 19.4. The minimum atomic E-state index is -4.47. The maximum absolute atomic E-state index is 13.0. The van der Waals surface area contributed by atoms with Crippen molar-refractivity contribution in [2.24, 2.45) is 0 Å². The molecule has 0 amide bonds. The largest absolute Gasteiger partial charge is 0.494 e. The summed E-state index contributed by atoms with van der Waals surface area (Å²) in [4.78, 5) is 0. The Morgan fingerprint density at radius 1 is 1.37 bits per heavy atom. The minimum Gasteiger partial charge on any atom is -0.494 e. The molecule has 1 aliphatic heterocycles. The number of hydrogen-bond donors (Lipinski definition) is 2. The molecule has 0 spiro atoms. The number of hydrogen-bond acceptors (Lipinski definition) is 2. The van der Waals surface area contributed by atoms with Gasteiger partial charge >= 0.3 is 6.18 Å². The van der Waals surface area contributed by atoms with Gasteiger partial charge in [0, 0.05) is 30.2 Å². The lowest BCUT2D eigenvalue weighted by Gasteiger charge is -2.23. The lowest BCUT2D eigenvalue weighted by atomic mass is 10.0. The molecule has 0 aliphatic carbocycles. The van der Waals surface area contributed by atoms with Crippen molar-refractivity contribution in [1.29, 1.82) is 0 Å². The van der Waals surface area contributed by atoms with Crippen molar-refractivity contribution in [3.05, 3.63) is 29.5 Å². The van der Waals surface area contributed by atoms with Crippen molar-refractivity contribution in [3.8, 4) is 5.88 Å². The second kappa shape index (κ2) is 3.90. The van der Waals surface area contributed by atoms with Crippen LogP contribution in [0.3, 0.4) is 0 Å². The predicted molar refractivity (Wildman–Crippen MR) is 65.0 cm³/mol. The van der Waals surface area contributed by atoms with Crippen LogP contribution in [0.2, 0.25) is 0 Å². The first-order chi connectivity index (χ1) is 8.91. The molecule has 0 fully saturated rings. The van der Waals surface area contributed by atoms with Crippen LogP contribution in [-0.4, -0.2) is 16.2 Å². The number of nitrogens with one attached hydrogen (secondary N) is 1. The number of benzene rings is 1. The first-order valence-electron chi connectivity index (χ1n) is 6.06. The van der Waals surface area contributed by atoms with E-state index in [-0.39, 0.29) is 17.3 Å². The Hall–Kier alpha value is -1.69. The van der Waals surface area contributed by atoms with Crippen LogP contribution in [0.25, 0.3) is 10.8 Å². The van der Waals surface area contributed by atoms with E-state index in [4.69, 9.17) is 0 Å². The second-order valence-corrected chi connectivity index (χ2v) is 4.76. The van der Waals surface area contributed by atoms with Gasteiger partial charge in [-0.25, -0.2) is 0 Å². The van der Waals surface area contributed by atoms with Gasteiger partial charge in [0.05, 0.1) is 10.9 Å². The summed E-state index contributed by atoms with van der Waals surface area (Å²) in [5, 5.41) is 13.7. The molecule has 2 heterocycles. The highest BCUT2D eigenvalue weighted by Gasteiger charge is 2.36. The van der Waals surface area contributed by atoms with Crippen LogP contribution in [0.5, 0.6) is 5.88 Å². The molecular weight excluding hydrogens is 257 g/mol. The highest BCUT2D eigenvalue weighted by molar-refractivity contribution is 5.94. The van der Waals surface area contributed by atoms with Crippen LogP contribution in [-0.2, 0) is 12.7 Å². The third-order valence-electron chi connectivity index (χ3n) is 3.61. The molecule has 6 heteroatoms. The molecule has 102 valence electrons. The summed E-state index contributed by atoms with van der Waals surface area (Å²) in [5.41, 5.74) is -0.0681. The van der Waals surface area contributed by atoms with Crippen LogP contribution in [0.4, 0.5) is 13.2 Å². The van der Waals surface area contributed by atoms with Crippen LogP contribution < -0.4 is 5.32 Å². The maximum Gasteiger partial charge on any atom is 0.417 e.